The summed E-state index contributed by atoms with van der Waals surface area (Å²) in [5.74, 6) is -0.289. The Labute approximate surface area is 120 Å². The van der Waals surface area contributed by atoms with Crippen LogP contribution in [-0.2, 0) is 11.8 Å². The van der Waals surface area contributed by atoms with Gasteiger partial charge in [-0.2, -0.15) is 5.10 Å². The van der Waals surface area contributed by atoms with E-state index in [1.165, 1.54) is 6.07 Å². The second-order valence-corrected chi connectivity index (χ2v) is 4.16. The van der Waals surface area contributed by atoms with Gasteiger partial charge in [0, 0.05) is 31.1 Å². The maximum Gasteiger partial charge on any atom is 0.341 e. The molecule has 0 fully saturated rings. The molecule has 1 heterocycles. The zero-order valence-electron chi connectivity index (χ0n) is 11.2. The van der Waals surface area contributed by atoms with Crippen LogP contribution < -0.4 is 15.4 Å². The van der Waals surface area contributed by atoms with Gasteiger partial charge in [0.15, 0.2) is 12.4 Å². The predicted molar refractivity (Wildman–Crippen MR) is 75.4 cm³/mol. The van der Waals surface area contributed by atoms with E-state index in [1.54, 1.807) is 42.2 Å². The molecule has 3 N–H and O–H groups in total. The summed E-state index contributed by atoms with van der Waals surface area (Å²) >= 11 is 0. The molecule has 0 aliphatic rings. The number of rotatable bonds is 5. The van der Waals surface area contributed by atoms with E-state index < -0.39 is 18.6 Å². The second kappa shape index (κ2) is 6.42. The fraction of sp³-hybridized carbons (Fsp3) is 0.154. The number of aryl methyl sites for hydroxylation is 1. The van der Waals surface area contributed by atoms with Crippen molar-refractivity contribution in [3.8, 4) is 5.75 Å². The summed E-state index contributed by atoms with van der Waals surface area (Å²) in [7, 11) is 1.74. The Balaban J connectivity index is 1.94. The summed E-state index contributed by atoms with van der Waals surface area (Å²) in [4.78, 5) is 22.2. The Kier molecular flexibility index (Phi) is 4.39. The summed E-state index contributed by atoms with van der Waals surface area (Å²) in [5.41, 5.74) is 0.478. The van der Waals surface area contributed by atoms with E-state index in [4.69, 9.17) is 9.84 Å². The summed E-state index contributed by atoms with van der Waals surface area (Å²) < 4.78 is 6.59. The second-order valence-electron chi connectivity index (χ2n) is 4.16. The minimum absolute atomic E-state index is 0.355. The van der Waals surface area contributed by atoms with Gasteiger partial charge in [0.2, 0.25) is 0 Å². The summed E-state index contributed by atoms with van der Waals surface area (Å²) in [5, 5.41) is 17.7. The van der Waals surface area contributed by atoms with Gasteiger partial charge in [-0.15, -0.1) is 0 Å². The van der Waals surface area contributed by atoms with Crippen molar-refractivity contribution < 1.29 is 19.4 Å². The number of amides is 2. The molecular weight excluding hydrogens is 276 g/mol. The molecule has 1 aromatic heterocycles. The molecule has 2 aromatic rings. The molecule has 0 aliphatic heterocycles. The first-order valence-corrected chi connectivity index (χ1v) is 6.05. The van der Waals surface area contributed by atoms with E-state index in [0.29, 0.717) is 17.3 Å². The van der Waals surface area contributed by atoms with Gasteiger partial charge in [0.25, 0.3) is 0 Å². The average Bonchev–Trinajstić information content (AvgIpc) is 2.82. The molecule has 21 heavy (non-hydrogen) atoms. The fourth-order valence-electron chi connectivity index (χ4n) is 1.57. The number of carbonyl (C=O) groups excluding carboxylic acids is 1. The maximum absolute atomic E-state index is 11.8. The number of benzene rings is 1. The summed E-state index contributed by atoms with van der Waals surface area (Å²) in [6.07, 6.45) is 1.70. The van der Waals surface area contributed by atoms with Gasteiger partial charge < -0.3 is 15.2 Å². The molecule has 8 heteroatoms. The molecular formula is C13H14N4O4. The molecule has 0 radical (unpaired) electrons. The van der Waals surface area contributed by atoms with Crippen LogP contribution in [0, 0.1) is 0 Å². The van der Waals surface area contributed by atoms with Crippen molar-refractivity contribution in [1.29, 1.82) is 0 Å². The first-order valence-electron chi connectivity index (χ1n) is 6.05. The molecule has 0 saturated heterocycles. The monoisotopic (exact) mass is 290 g/mol. The summed E-state index contributed by atoms with van der Waals surface area (Å²) in [6, 6.07) is 7.64. The van der Waals surface area contributed by atoms with Crippen LogP contribution in [0.5, 0.6) is 5.75 Å². The summed E-state index contributed by atoms with van der Waals surface area (Å²) in [6.45, 7) is -0.441. The molecule has 0 bridgehead atoms. The van der Waals surface area contributed by atoms with Crippen molar-refractivity contribution >= 4 is 23.5 Å². The number of carboxylic acid groups (broad SMARTS) is 1. The molecule has 110 valence electrons. The normalized spacial score (nSPS) is 9.95. The van der Waals surface area contributed by atoms with Crippen LogP contribution in [-0.4, -0.2) is 33.5 Å². The van der Waals surface area contributed by atoms with Gasteiger partial charge >= 0.3 is 12.0 Å². The SMILES string of the molecule is Cn1ccc(NC(=O)Nc2cccc(OCC(=O)O)c2)n1. The quantitative estimate of drug-likeness (QED) is 0.774. The molecule has 0 aliphatic carbocycles. The van der Waals surface area contributed by atoms with Crippen molar-refractivity contribution in [2.75, 3.05) is 17.2 Å². The average molecular weight is 290 g/mol. The molecule has 8 nitrogen and oxygen atoms in total. The Morgan fingerprint density at radius 2 is 2.14 bits per heavy atom. The number of nitrogens with zero attached hydrogens (tertiary/aromatic N) is 2. The van der Waals surface area contributed by atoms with Crippen LogP contribution in [0.2, 0.25) is 0 Å². The number of anilines is 2. The predicted octanol–water partition coefficient (Wildman–Crippen LogP) is 1.53. The standard InChI is InChI=1S/C13H14N4O4/c1-17-6-5-11(16-17)15-13(20)14-9-3-2-4-10(7-9)21-8-12(18)19/h2-7H,8H2,1H3,(H,18,19)(H2,14,15,16,20). The minimum Gasteiger partial charge on any atom is -0.482 e. The Bertz CT molecular complexity index is 653. The van der Waals surface area contributed by atoms with Gasteiger partial charge in [0.1, 0.15) is 5.75 Å². The number of ether oxygens (including phenoxy) is 1. The lowest BCUT2D eigenvalue weighted by Gasteiger charge is -2.08. The van der Waals surface area contributed by atoms with E-state index in [1.807, 2.05) is 0 Å². The molecule has 0 spiro atoms. The van der Waals surface area contributed by atoms with Gasteiger partial charge in [-0.1, -0.05) is 6.07 Å². The lowest BCUT2D eigenvalue weighted by Crippen LogP contribution is -2.19. The third-order valence-corrected chi connectivity index (χ3v) is 2.41. The van der Waals surface area contributed by atoms with Gasteiger partial charge in [-0.05, 0) is 12.1 Å². The van der Waals surface area contributed by atoms with E-state index in [0.717, 1.165) is 0 Å². The Morgan fingerprint density at radius 1 is 1.33 bits per heavy atom. The largest absolute Gasteiger partial charge is 0.482 e. The highest BCUT2D eigenvalue weighted by Crippen LogP contribution is 2.17. The van der Waals surface area contributed by atoms with Crippen LogP contribution in [0.4, 0.5) is 16.3 Å². The minimum atomic E-state index is -1.07. The van der Waals surface area contributed by atoms with Crippen LogP contribution in [0.1, 0.15) is 0 Å². The Hall–Kier alpha value is -3.03. The topological polar surface area (TPSA) is 105 Å². The number of nitrogens with one attached hydrogen (secondary N) is 2. The van der Waals surface area contributed by atoms with Crippen molar-refractivity contribution in [3.05, 3.63) is 36.5 Å². The number of aromatic nitrogens is 2. The van der Waals surface area contributed by atoms with E-state index in [2.05, 4.69) is 15.7 Å². The van der Waals surface area contributed by atoms with Crippen molar-refractivity contribution in [2.24, 2.45) is 7.05 Å². The third-order valence-electron chi connectivity index (χ3n) is 2.41. The highest BCUT2D eigenvalue weighted by molar-refractivity contribution is 5.99. The highest BCUT2D eigenvalue weighted by Gasteiger charge is 2.06. The fourth-order valence-corrected chi connectivity index (χ4v) is 1.57. The van der Waals surface area contributed by atoms with E-state index in [-0.39, 0.29) is 0 Å². The maximum atomic E-state index is 11.8. The smallest absolute Gasteiger partial charge is 0.341 e. The molecule has 0 saturated carbocycles. The zero-order chi connectivity index (χ0) is 15.2. The number of hydrogen-bond acceptors (Lipinski definition) is 4. The van der Waals surface area contributed by atoms with E-state index in [9.17, 15) is 9.59 Å². The first-order chi connectivity index (χ1) is 10.0. The van der Waals surface area contributed by atoms with Gasteiger partial charge in [-0.3, -0.25) is 10.00 Å². The van der Waals surface area contributed by atoms with Gasteiger partial charge in [-0.25, -0.2) is 9.59 Å². The molecule has 2 rings (SSSR count). The lowest BCUT2D eigenvalue weighted by atomic mass is 10.3. The van der Waals surface area contributed by atoms with Crippen LogP contribution in [0.25, 0.3) is 0 Å². The number of hydrogen-bond donors (Lipinski definition) is 3. The van der Waals surface area contributed by atoms with Crippen LogP contribution >= 0.6 is 0 Å². The van der Waals surface area contributed by atoms with Crippen LogP contribution in [0.3, 0.4) is 0 Å². The molecule has 2 amide bonds. The Morgan fingerprint density at radius 3 is 2.81 bits per heavy atom. The van der Waals surface area contributed by atoms with Crippen molar-refractivity contribution in [2.45, 2.75) is 0 Å². The number of carboxylic acids is 1. The molecule has 0 unspecified atom stereocenters. The third kappa shape index (κ3) is 4.53. The van der Waals surface area contributed by atoms with Crippen molar-refractivity contribution in [3.63, 3.8) is 0 Å². The van der Waals surface area contributed by atoms with Crippen molar-refractivity contribution in [1.82, 2.24) is 9.78 Å². The first kappa shape index (κ1) is 14.4. The number of aliphatic carboxylic acids is 1. The zero-order valence-corrected chi connectivity index (χ0v) is 11.2. The van der Waals surface area contributed by atoms with Gasteiger partial charge in [0.05, 0.1) is 0 Å². The molecule has 1 aromatic carbocycles. The number of carbonyl (C=O) groups is 2. The lowest BCUT2D eigenvalue weighted by molar-refractivity contribution is -0.139. The van der Waals surface area contributed by atoms with E-state index >= 15 is 0 Å². The molecule has 0 atom stereocenters. The highest BCUT2D eigenvalue weighted by atomic mass is 16.5. The number of urea groups is 1. The van der Waals surface area contributed by atoms with Crippen LogP contribution in [0.15, 0.2) is 36.5 Å².